The largest absolute Gasteiger partial charge is 0.268 e. The third-order valence-electron chi connectivity index (χ3n) is 4.40. The lowest BCUT2D eigenvalue weighted by atomic mass is 9.83. The Balaban J connectivity index is 1.85. The molecule has 1 aliphatic rings. The highest BCUT2D eigenvalue weighted by atomic mass is 15.5. The zero-order valence-electron chi connectivity index (χ0n) is 11.8. The molecule has 3 rings (SSSR count). The molecule has 1 fully saturated rings. The van der Waals surface area contributed by atoms with Gasteiger partial charge in [0.05, 0.1) is 0 Å². The zero-order valence-corrected chi connectivity index (χ0v) is 11.8. The quantitative estimate of drug-likeness (QED) is 0.861. The first-order valence-electron chi connectivity index (χ1n) is 7.39. The number of hydrogen-bond acceptors (Lipinski definition) is 2. The van der Waals surface area contributed by atoms with Crippen LogP contribution in [0.1, 0.15) is 24.0 Å². The fraction of sp³-hybridized carbons (Fsp3) is 0.333. The third-order valence-corrected chi connectivity index (χ3v) is 4.40. The molecular formula is C18H22N2. The van der Waals surface area contributed by atoms with Gasteiger partial charge in [0.25, 0.3) is 0 Å². The molecule has 0 aromatic heterocycles. The van der Waals surface area contributed by atoms with Crippen molar-refractivity contribution in [3.63, 3.8) is 0 Å². The monoisotopic (exact) mass is 266 g/mol. The number of benzene rings is 2. The van der Waals surface area contributed by atoms with E-state index in [1.165, 1.54) is 24.0 Å². The summed E-state index contributed by atoms with van der Waals surface area (Å²) in [5, 5.41) is 2.08. The molecular weight excluding hydrogens is 244 g/mol. The van der Waals surface area contributed by atoms with Crippen molar-refractivity contribution < 1.29 is 0 Å². The highest BCUT2D eigenvalue weighted by Crippen LogP contribution is 2.33. The number of nitrogens with two attached hydrogens (primary N) is 1. The first-order chi connectivity index (χ1) is 9.78. The van der Waals surface area contributed by atoms with Gasteiger partial charge in [0.15, 0.2) is 0 Å². The van der Waals surface area contributed by atoms with Crippen LogP contribution in [-0.4, -0.2) is 17.1 Å². The van der Waals surface area contributed by atoms with E-state index in [9.17, 15) is 0 Å². The Morgan fingerprint density at radius 3 is 1.75 bits per heavy atom. The van der Waals surface area contributed by atoms with Crippen LogP contribution in [-0.2, 0) is 12.8 Å². The minimum atomic E-state index is 0.0721. The summed E-state index contributed by atoms with van der Waals surface area (Å²) in [6.45, 7) is 1.000. The van der Waals surface area contributed by atoms with Crippen LogP contribution in [0.25, 0.3) is 0 Å². The number of rotatable bonds is 4. The molecule has 1 heterocycles. The van der Waals surface area contributed by atoms with Gasteiger partial charge in [0, 0.05) is 12.1 Å². The smallest absolute Gasteiger partial charge is 0.0432 e. The van der Waals surface area contributed by atoms with Crippen molar-refractivity contribution in [3.8, 4) is 0 Å². The van der Waals surface area contributed by atoms with Crippen molar-refractivity contribution in [2.75, 3.05) is 6.54 Å². The summed E-state index contributed by atoms with van der Waals surface area (Å²) in [5.41, 5.74) is 2.82. The molecule has 1 saturated heterocycles. The molecule has 0 radical (unpaired) electrons. The minimum Gasteiger partial charge on any atom is -0.268 e. The van der Waals surface area contributed by atoms with E-state index in [4.69, 9.17) is 5.84 Å². The van der Waals surface area contributed by atoms with Crippen LogP contribution in [0, 0.1) is 0 Å². The lowest BCUT2D eigenvalue weighted by Crippen LogP contribution is -2.51. The number of hydrogen-bond donors (Lipinski definition) is 1. The van der Waals surface area contributed by atoms with E-state index >= 15 is 0 Å². The molecule has 1 aliphatic heterocycles. The van der Waals surface area contributed by atoms with Crippen LogP contribution in [0.3, 0.4) is 0 Å². The molecule has 0 aliphatic carbocycles. The van der Waals surface area contributed by atoms with E-state index in [-0.39, 0.29) is 5.54 Å². The predicted molar refractivity (Wildman–Crippen MR) is 83.2 cm³/mol. The van der Waals surface area contributed by atoms with Gasteiger partial charge in [-0.2, -0.15) is 0 Å². The van der Waals surface area contributed by atoms with E-state index in [0.29, 0.717) is 0 Å². The van der Waals surface area contributed by atoms with Gasteiger partial charge in [-0.3, -0.25) is 5.84 Å². The second-order valence-electron chi connectivity index (χ2n) is 5.85. The molecule has 104 valence electrons. The summed E-state index contributed by atoms with van der Waals surface area (Å²) in [4.78, 5) is 0. The van der Waals surface area contributed by atoms with Crippen molar-refractivity contribution in [3.05, 3.63) is 71.8 Å². The predicted octanol–water partition coefficient (Wildman–Crippen LogP) is 3.18. The minimum absolute atomic E-state index is 0.0721. The zero-order chi connectivity index (χ0) is 13.8. The van der Waals surface area contributed by atoms with Crippen molar-refractivity contribution in [2.24, 2.45) is 5.84 Å². The lowest BCUT2D eigenvalue weighted by Gasteiger charge is -2.36. The topological polar surface area (TPSA) is 29.3 Å². The highest BCUT2D eigenvalue weighted by Gasteiger charge is 2.39. The first kappa shape index (κ1) is 13.3. The van der Waals surface area contributed by atoms with Gasteiger partial charge in [-0.15, -0.1) is 0 Å². The molecule has 0 saturated carbocycles. The maximum absolute atomic E-state index is 6.34. The standard InChI is InChI=1S/C18H22N2/c19-20-13-7-12-18(20,14-16-8-3-1-4-9-16)15-17-10-5-2-6-11-17/h1-6,8-11H,7,12-15,19H2. The first-order valence-corrected chi connectivity index (χ1v) is 7.39. The maximum Gasteiger partial charge on any atom is 0.0432 e. The van der Waals surface area contributed by atoms with Gasteiger partial charge < -0.3 is 0 Å². The normalized spacial score (nSPS) is 18.2. The third kappa shape index (κ3) is 2.77. The van der Waals surface area contributed by atoms with E-state index in [2.05, 4.69) is 65.7 Å². The molecule has 20 heavy (non-hydrogen) atoms. The molecule has 0 spiro atoms. The number of nitrogens with zero attached hydrogens (tertiary/aromatic N) is 1. The number of hydrazine groups is 1. The molecule has 0 amide bonds. The van der Waals surface area contributed by atoms with E-state index in [0.717, 1.165) is 19.4 Å². The lowest BCUT2D eigenvalue weighted by molar-refractivity contribution is 0.138. The summed E-state index contributed by atoms with van der Waals surface area (Å²) in [7, 11) is 0. The summed E-state index contributed by atoms with van der Waals surface area (Å²) in [6, 6.07) is 21.4. The van der Waals surface area contributed by atoms with Crippen LogP contribution < -0.4 is 5.84 Å². The van der Waals surface area contributed by atoms with Gasteiger partial charge in [-0.25, -0.2) is 5.01 Å². The summed E-state index contributed by atoms with van der Waals surface area (Å²) < 4.78 is 0. The molecule has 0 bridgehead atoms. The molecule has 2 aromatic carbocycles. The summed E-state index contributed by atoms with van der Waals surface area (Å²) >= 11 is 0. The van der Waals surface area contributed by atoms with Gasteiger partial charge >= 0.3 is 0 Å². The Labute approximate surface area is 121 Å². The molecule has 0 atom stereocenters. The molecule has 2 aromatic rings. The van der Waals surface area contributed by atoms with Crippen LogP contribution in [0.15, 0.2) is 60.7 Å². The Bertz CT molecular complexity index is 494. The fourth-order valence-corrected chi connectivity index (χ4v) is 3.35. The molecule has 2 nitrogen and oxygen atoms in total. The van der Waals surface area contributed by atoms with Crippen molar-refractivity contribution >= 4 is 0 Å². The van der Waals surface area contributed by atoms with E-state index in [1.807, 2.05) is 0 Å². The van der Waals surface area contributed by atoms with Crippen LogP contribution in [0.4, 0.5) is 0 Å². The SMILES string of the molecule is NN1CCCC1(Cc1ccccc1)Cc1ccccc1. The Hall–Kier alpha value is -1.64. The second-order valence-corrected chi connectivity index (χ2v) is 5.85. The van der Waals surface area contributed by atoms with Crippen LogP contribution in [0.5, 0.6) is 0 Å². The Kier molecular flexibility index (Phi) is 3.86. The van der Waals surface area contributed by atoms with Gasteiger partial charge in [0.2, 0.25) is 0 Å². The van der Waals surface area contributed by atoms with Gasteiger partial charge in [0.1, 0.15) is 0 Å². The van der Waals surface area contributed by atoms with E-state index in [1.54, 1.807) is 0 Å². The van der Waals surface area contributed by atoms with Crippen LogP contribution >= 0.6 is 0 Å². The second kappa shape index (κ2) is 5.78. The van der Waals surface area contributed by atoms with E-state index < -0.39 is 0 Å². The maximum atomic E-state index is 6.34. The highest BCUT2D eigenvalue weighted by molar-refractivity contribution is 5.23. The van der Waals surface area contributed by atoms with Gasteiger partial charge in [-0.1, -0.05) is 60.7 Å². The average molecular weight is 266 g/mol. The Morgan fingerprint density at radius 1 is 0.850 bits per heavy atom. The Morgan fingerprint density at radius 2 is 1.35 bits per heavy atom. The fourth-order valence-electron chi connectivity index (χ4n) is 3.35. The van der Waals surface area contributed by atoms with Crippen molar-refractivity contribution in [2.45, 2.75) is 31.2 Å². The van der Waals surface area contributed by atoms with Crippen LogP contribution in [0.2, 0.25) is 0 Å². The van der Waals surface area contributed by atoms with Crippen molar-refractivity contribution in [1.29, 1.82) is 0 Å². The molecule has 2 N–H and O–H groups in total. The summed E-state index contributed by atoms with van der Waals surface area (Å²) in [6.07, 6.45) is 4.42. The molecule has 2 heteroatoms. The average Bonchev–Trinajstić information content (AvgIpc) is 2.82. The van der Waals surface area contributed by atoms with Gasteiger partial charge in [-0.05, 0) is 36.8 Å². The van der Waals surface area contributed by atoms with Crippen molar-refractivity contribution in [1.82, 2.24) is 5.01 Å². The molecule has 0 unspecified atom stereocenters. The summed E-state index contributed by atoms with van der Waals surface area (Å²) in [5.74, 6) is 6.34.